The predicted octanol–water partition coefficient (Wildman–Crippen LogP) is 3.66. The van der Waals surface area contributed by atoms with Crippen molar-refractivity contribution >= 4 is 0 Å². The van der Waals surface area contributed by atoms with Gasteiger partial charge >= 0.3 is 0 Å². The van der Waals surface area contributed by atoms with E-state index in [0.29, 0.717) is 0 Å². The molecule has 1 rings (SSSR count). The number of ether oxygens (including phenoxy) is 1. The van der Waals surface area contributed by atoms with Gasteiger partial charge in [-0.15, -0.1) is 0 Å². The molecule has 90 valence electrons. The lowest BCUT2D eigenvalue weighted by Crippen LogP contribution is -2.14. The van der Waals surface area contributed by atoms with E-state index in [1.165, 1.54) is 6.42 Å². The van der Waals surface area contributed by atoms with Crippen LogP contribution in [-0.2, 0) is 0 Å². The molecular formula is C14H23NO. The summed E-state index contributed by atoms with van der Waals surface area (Å²) in [5.74, 6) is 0.932. The van der Waals surface area contributed by atoms with E-state index in [1.54, 1.807) is 0 Å². The van der Waals surface area contributed by atoms with Crippen LogP contribution in [-0.4, -0.2) is 6.10 Å². The van der Waals surface area contributed by atoms with Gasteiger partial charge in [0.05, 0.1) is 6.10 Å². The molecule has 0 aromatic heterocycles. The zero-order valence-electron chi connectivity index (χ0n) is 10.6. The van der Waals surface area contributed by atoms with Gasteiger partial charge in [0.15, 0.2) is 0 Å². The van der Waals surface area contributed by atoms with E-state index < -0.39 is 0 Å². The standard InChI is InChI=1S/C14H23NO/c1-4-5-9-13(15)12-8-6-7-10-14(12)16-11(2)3/h6-8,10-11,13H,4-5,9,15H2,1-3H3/t13-/m1/s1. The van der Waals surface area contributed by atoms with Crippen molar-refractivity contribution in [1.29, 1.82) is 0 Å². The van der Waals surface area contributed by atoms with Gasteiger partial charge in [-0.3, -0.25) is 0 Å². The molecule has 2 heteroatoms. The first kappa shape index (κ1) is 13.0. The third-order valence-corrected chi connectivity index (χ3v) is 2.55. The number of hydrogen-bond donors (Lipinski definition) is 1. The molecule has 0 amide bonds. The molecule has 0 fully saturated rings. The number of rotatable bonds is 6. The molecule has 2 N–H and O–H groups in total. The van der Waals surface area contributed by atoms with E-state index in [0.717, 1.165) is 24.2 Å². The highest BCUT2D eigenvalue weighted by molar-refractivity contribution is 5.35. The summed E-state index contributed by atoms with van der Waals surface area (Å²) in [7, 11) is 0. The summed E-state index contributed by atoms with van der Waals surface area (Å²) in [5, 5.41) is 0. The first-order chi connectivity index (χ1) is 7.65. The molecule has 2 nitrogen and oxygen atoms in total. The summed E-state index contributed by atoms with van der Waals surface area (Å²) in [5.41, 5.74) is 7.31. The van der Waals surface area contributed by atoms with Gasteiger partial charge in [0.25, 0.3) is 0 Å². The predicted molar refractivity (Wildman–Crippen MR) is 68.7 cm³/mol. The summed E-state index contributed by atoms with van der Waals surface area (Å²) < 4.78 is 5.77. The first-order valence-electron chi connectivity index (χ1n) is 6.16. The van der Waals surface area contributed by atoms with Crippen molar-refractivity contribution in [3.05, 3.63) is 29.8 Å². The number of nitrogens with two attached hydrogens (primary N) is 1. The second-order valence-corrected chi connectivity index (χ2v) is 4.45. The Kier molecular flexibility index (Phi) is 5.33. The lowest BCUT2D eigenvalue weighted by Gasteiger charge is -2.18. The summed E-state index contributed by atoms with van der Waals surface area (Å²) in [6, 6.07) is 8.18. The molecule has 0 radical (unpaired) electrons. The molecule has 0 saturated heterocycles. The highest BCUT2D eigenvalue weighted by Crippen LogP contribution is 2.27. The Hall–Kier alpha value is -1.02. The van der Waals surface area contributed by atoms with Crippen molar-refractivity contribution in [2.75, 3.05) is 0 Å². The maximum Gasteiger partial charge on any atom is 0.124 e. The van der Waals surface area contributed by atoms with Gasteiger partial charge in [-0.05, 0) is 26.3 Å². The van der Waals surface area contributed by atoms with Crippen LogP contribution in [0.5, 0.6) is 5.75 Å². The van der Waals surface area contributed by atoms with Gasteiger partial charge in [0.1, 0.15) is 5.75 Å². The van der Waals surface area contributed by atoms with Crippen LogP contribution in [0.25, 0.3) is 0 Å². The first-order valence-corrected chi connectivity index (χ1v) is 6.16. The second-order valence-electron chi connectivity index (χ2n) is 4.45. The highest BCUT2D eigenvalue weighted by atomic mass is 16.5. The maximum absolute atomic E-state index is 6.18. The molecule has 1 aromatic carbocycles. The van der Waals surface area contributed by atoms with E-state index in [1.807, 2.05) is 32.0 Å². The number of hydrogen-bond acceptors (Lipinski definition) is 2. The fourth-order valence-corrected chi connectivity index (χ4v) is 1.73. The van der Waals surface area contributed by atoms with E-state index in [9.17, 15) is 0 Å². The summed E-state index contributed by atoms with van der Waals surface area (Å²) in [6.45, 7) is 6.26. The fourth-order valence-electron chi connectivity index (χ4n) is 1.73. The van der Waals surface area contributed by atoms with E-state index in [2.05, 4.69) is 13.0 Å². The SMILES string of the molecule is CCCC[C@@H](N)c1ccccc1OC(C)C. The zero-order chi connectivity index (χ0) is 12.0. The van der Waals surface area contributed by atoms with Crippen molar-refractivity contribution < 1.29 is 4.74 Å². The van der Waals surface area contributed by atoms with Crippen LogP contribution in [0.15, 0.2) is 24.3 Å². The number of benzene rings is 1. The molecule has 0 aliphatic carbocycles. The Morgan fingerprint density at radius 2 is 1.94 bits per heavy atom. The molecule has 1 atom stereocenters. The minimum Gasteiger partial charge on any atom is -0.491 e. The van der Waals surface area contributed by atoms with E-state index >= 15 is 0 Å². The number of unbranched alkanes of at least 4 members (excludes halogenated alkanes) is 1. The van der Waals surface area contributed by atoms with Crippen molar-refractivity contribution in [3.63, 3.8) is 0 Å². The normalized spacial score (nSPS) is 12.8. The Bertz CT molecular complexity index is 309. The Morgan fingerprint density at radius 1 is 1.25 bits per heavy atom. The van der Waals surface area contributed by atoms with Crippen molar-refractivity contribution in [2.45, 2.75) is 52.2 Å². The highest BCUT2D eigenvalue weighted by Gasteiger charge is 2.11. The average Bonchev–Trinajstić information content (AvgIpc) is 2.26. The Morgan fingerprint density at radius 3 is 2.56 bits per heavy atom. The van der Waals surface area contributed by atoms with Gasteiger partial charge in [-0.2, -0.15) is 0 Å². The maximum atomic E-state index is 6.18. The van der Waals surface area contributed by atoms with Crippen LogP contribution in [0.4, 0.5) is 0 Å². The quantitative estimate of drug-likeness (QED) is 0.795. The van der Waals surface area contributed by atoms with Gasteiger partial charge < -0.3 is 10.5 Å². The van der Waals surface area contributed by atoms with E-state index in [4.69, 9.17) is 10.5 Å². The molecule has 1 aromatic rings. The Labute approximate surface area is 98.8 Å². The molecule has 0 spiro atoms. The molecule has 0 heterocycles. The number of para-hydroxylation sites is 1. The second kappa shape index (κ2) is 6.54. The molecule has 0 aliphatic rings. The minimum atomic E-state index is 0.0925. The van der Waals surface area contributed by atoms with Gasteiger partial charge in [-0.25, -0.2) is 0 Å². The van der Waals surface area contributed by atoms with Crippen molar-refractivity contribution in [2.24, 2.45) is 5.73 Å². The molecular weight excluding hydrogens is 198 g/mol. The summed E-state index contributed by atoms with van der Waals surface area (Å²) in [4.78, 5) is 0. The average molecular weight is 221 g/mol. The third-order valence-electron chi connectivity index (χ3n) is 2.55. The largest absolute Gasteiger partial charge is 0.491 e. The van der Waals surface area contributed by atoms with Crippen LogP contribution in [0.1, 0.15) is 51.6 Å². The van der Waals surface area contributed by atoms with Gasteiger partial charge in [0.2, 0.25) is 0 Å². The lowest BCUT2D eigenvalue weighted by atomic mass is 10.0. The van der Waals surface area contributed by atoms with Crippen LogP contribution in [0.3, 0.4) is 0 Å². The smallest absolute Gasteiger partial charge is 0.124 e. The minimum absolute atomic E-state index is 0.0925. The van der Waals surface area contributed by atoms with Crippen LogP contribution >= 0.6 is 0 Å². The molecule has 0 saturated carbocycles. The fraction of sp³-hybridized carbons (Fsp3) is 0.571. The Balaban J connectivity index is 2.76. The van der Waals surface area contributed by atoms with Crippen LogP contribution in [0, 0.1) is 0 Å². The lowest BCUT2D eigenvalue weighted by molar-refractivity contribution is 0.238. The molecule has 0 bridgehead atoms. The summed E-state index contributed by atoms with van der Waals surface area (Å²) >= 11 is 0. The molecule has 16 heavy (non-hydrogen) atoms. The van der Waals surface area contributed by atoms with Crippen molar-refractivity contribution in [1.82, 2.24) is 0 Å². The van der Waals surface area contributed by atoms with Crippen molar-refractivity contribution in [3.8, 4) is 5.75 Å². The summed E-state index contributed by atoms with van der Waals surface area (Å²) in [6.07, 6.45) is 3.56. The zero-order valence-corrected chi connectivity index (χ0v) is 10.6. The topological polar surface area (TPSA) is 35.2 Å². The van der Waals surface area contributed by atoms with Crippen LogP contribution < -0.4 is 10.5 Å². The molecule has 0 unspecified atom stereocenters. The monoisotopic (exact) mass is 221 g/mol. The van der Waals surface area contributed by atoms with E-state index in [-0.39, 0.29) is 12.1 Å². The van der Waals surface area contributed by atoms with Crippen LogP contribution in [0.2, 0.25) is 0 Å². The van der Waals surface area contributed by atoms with Gasteiger partial charge in [0, 0.05) is 11.6 Å². The third kappa shape index (κ3) is 3.86. The van der Waals surface area contributed by atoms with Gasteiger partial charge in [-0.1, -0.05) is 38.0 Å². The molecule has 0 aliphatic heterocycles.